The summed E-state index contributed by atoms with van der Waals surface area (Å²) in [6, 6.07) is 17.5. The lowest BCUT2D eigenvalue weighted by atomic mass is 9.72. The summed E-state index contributed by atoms with van der Waals surface area (Å²) < 4.78 is 0. The topological polar surface area (TPSA) is 103 Å². The number of nitrogens with zero attached hydrogens (tertiary/aromatic N) is 1. The minimum atomic E-state index is -0.979. The van der Waals surface area contributed by atoms with Crippen molar-refractivity contribution in [1.82, 2.24) is 15.2 Å². The smallest absolute Gasteiger partial charge is 0.326 e. The normalized spacial score (nSPS) is 24.2. The number of H-pyrrole nitrogens is 1. The fourth-order valence-electron chi connectivity index (χ4n) is 6.84. The lowest BCUT2D eigenvalue weighted by molar-refractivity contribution is -0.154. The second kappa shape index (κ2) is 11.0. The average molecular weight is 530 g/mol. The number of benzene rings is 2. The van der Waals surface area contributed by atoms with Crippen molar-refractivity contribution in [3.63, 3.8) is 0 Å². The number of carboxylic acids is 1. The van der Waals surface area contributed by atoms with E-state index in [2.05, 4.69) is 10.3 Å². The Hall–Kier alpha value is -3.45. The van der Waals surface area contributed by atoms with Gasteiger partial charge in [-0.1, -0.05) is 88.6 Å². The Bertz CT molecular complexity index is 1390. The van der Waals surface area contributed by atoms with E-state index in [4.69, 9.17) is 0 Å². The Labute approximate surface area is 229 Å². The first-order valence-electron chi connectivity index (χ1n) is 14.1. The predicted molar refractivity (Wildman–Crippen MR) is 152 cm³/mol. The van der Waals surface area contributed by atoms with E-state index in [0.29, 0.717) is 5.56 Å². The molecule has 0 spiro atoms. The first-order chi connectivity index (χ1) is 18.7. The SMILES string of the molecule is CC(C)(C)[C@H]1[C@H](NCc2cc3ccccc3[nH]c2=O)[C@H](c2ccccc2)N(C(=O)C2CCCCC2)[C@@H]1C(=O)O. The Morgan fingerprint density at radius 2 is 1.67 bits per heavy atom. The number of carbonyl (C=O) groups is 2. The third-order valence-corrected chi connectivity index (χ3v) is 8.63. The minimum Gasteiger partial charge on any atom is -0.480 e. The molecule has 0 radical (unpaired) electrons. The molecular formula is C32H39N3O4. The molecule has 1 aliphatic carbocycles. The van der Waals surface area contributed by atoms with E-state index in [1.54, 1.807) is 4.90 Å². The molecule has 1 aromatic heterocycles. The van der Waals surface area contributed by atoms with Crippen LogP contribution in [0.3, 0.4) is 0 Å². The van der Waals surface area contributed by atoms with Crippen molar-refractivity contribution >= 4 is 22.8 Å². The molecule has 2 aliphatic rings. The van der Waals surface area contributed by atoms with E-state index < -0.39 is 23.5 Å². The van der Waals surface area contributed by atoms with Gasteiger partial charge in [-0.3, -0.25) is 9.59 Å². The quantitative estimate of drug-likeness (QED) is 0.404. The molecule has 1 saturated heterocycles. The zero-order valence-electron chi connectivity index (χ0n) is 23.0. The molecule has 1 aliphatic heterocycles. The number of likely N-dealkylation sites (tertiary alicyclic amines) is 1. The van der Waals surface area contributed by atoms with Gasteiger partial charge in [-0.05, 0) is 41.3 Å². The molecule has 0 unspecified atom stereocenters. The summed E-state index contributed by atoms with van der Waals surface area (Å²) in [6.07, 6.45) is 4.70. The van der Waals surface area contributed by atoms with Crippen molar-refractivity contribution in [1.29, 1.82) is 0 Å². The van der Waals surface area contributed by atoms with Crippen molar-refractivity contribution < 1.29 is 14.7 Å². The standard InChI is InChI=1S/C32H39N3O4/c1-32(2,3)25-26(33-19-23-18-22-16-10-11-17-24(22)34-29(23)36)27(20-12-6-4-7-13-20)35(28(25)31(38)39)30(37)21-14-8-5-9-15-21/h4,6-7,10-13,16-18,21,25-28,33H,5,8-9,14-15,19H2,1-3H3,(H,34,36)(H,38,39)/t25-,26-,27-,28-/m0/s1. The van der Waals surface area contributed by atoms with Crippen molar-refractivity contribution in [3.05, 3.63) is 82.1 Å². The van der Waals surface area contributed by atoms with Crippen LogP contribution >= 0.6 is 0 Å². The number of carboxylic acid groups (broad SMARTS) is 1. The van der Waals surface area contributed by atoms with Gasteiger partial charge in [0.1, 0.15) is 6.04 Å². The molecule has 4 atom stereocenters. The van der Waals surface area contributed by atoms with Gasteiger partial charge in [-0.15, -0.1) is 0 Å². The van der Waals surface area contributed by atoms with Crippen LogP contribution in [-0.2, 0) is 16.1 Å². The number of hydrogen-bond acceptors (Lipinski definition) is 4. The molecule has 3 aromatic rings. The van der Waals surface area contributed by atoms with Gasteiger partial charge >= 0.3 is 5.97 Å². The van der Waals surface area contributed by atoms with Crippen molar-refractivity contribution in [2.24, 2.45) is 17.3 Å². The number of carbonyl (C=O) groups excluding carboxylic acids is 1. The zero-order chi connectivity index (χ0) is 27.7. The van der Waals surface area contributed by atoms with Gasteiger partial charge in [0.25, 0.3) is 5.56 Å². The molecule has 2 fully saturated rings. The van der Waals surface area contributed by atoms with Crippen molar-refractivity contribution in [2.75, 3.05) is 0 Å². The second-order valence-corrected chi connectivity index (χ2v) is 12.2. The summed E-state index contributed by atoms with van der Waals surface area (Å²) in [5.41, 5.74) is 1.66. The van der Waals surface area contributed by atoms with Crippen LogP contribution in [0.15, 0.2) is 65.5 Å². The van der Waals surface area contributed by atoms with Gasteiger partial charge < -0.3 is 20.3 Å². The number of aromatic nitrogens is 1. The Balaban J connectivity index is 1.58. The van der Waals surface area contributed by atoms with Gasteiger partial charge in [-0.2, -0.15) is 0 Å². The van der Waals surface area contributed by atoms with E-state index in [9.17, 15) is 19.5 Å². The summed E-state index contributed by atoms with van der Waals surface area (Å²) in [4.78, 5) is 44.8. The zero-order valence-corrected chi connectivity index (χ0v) is 23.0. The number of para-hydroxylation sites is 1. The maximum Gasteiger partial charge on any atom is 0.326 e. The van der Waals surface area contributed by atoms with Crippen LogP contribution in [0.2, 0.25) is 0 Å². The molecule has 1 amide bonds. The lowest BCUT2D eigenvalue weighted by Gasteiger charge is -2.36. The molecule has 7 heteroatoms. The highest BCUT2D eigenvalue weighted by molar-refractivity contribution is 5.87. The number of hydrogen-bond donors (Lipinski definition) is 3. The van der Waals surface area contributed by atoms with Crippen molar-refractivity contribution in [2.45, 2.75) is 77.5 Å². The maximum absolute atomic E-state index is 14.2. The first kappa shape index (κ1) is 27.1. The monoisotopic (exact) mass is 529 g/mol. The van der Waals surface area contributed by atoms with Crippen LogP contribution in [0, 0.1) is 17.3 Å². The van der Waals surface area contributed by atoms with Crippen molar-refractivity contribution in [3.8, 4) is 0 Å². The van der Waals surface area contributed by atoms with E-state index in [1.165, 1.54) is 0 Å². The largest absolute Gasteiger partial charge is 0.480 e. The fraction of sp³-hybridized carbons (Fsp3) is 0.469. The number of aromatic amines is 1. The highest BCUT2D eigenvalue weighted by Gasteiger charge is 2.58. The third-order valence-electron chi connectivity index (χ3n) is 8.63. The van der Waals surface area contributed by atoms with Crippen LogP contribution in [0.25, 0.3) is 10.9 Å². The lowest BCUT2D eigenvalue weighted by Crippen LogP contribution is -2.49. The van der Waals surface area contributed by atoms with E-state index >= 15 is 0 Å². The fourth-order valence-corrected chi connectivity index (χ4v) is 6.84. The van der Waals surface area contributed by atoms with E-state index in [-0.39, 0.29) is 35.9 Å². The molecular weight excluding hydrogens is 490 g/mol. The third kappa shape index (κ3) is 5.37. The molecule has 2 aromatic carbocycles. The minimum absolute atomic E-state index is 0.0574. The van der Waals surface area contributed by atoms with Crippen LogP contribution in [0.4, 0.5) is 0 Å². The maximum atomic E-state index is 14.2. The van der Waals surface area contributed by atoms with E-state index in [0.717, 1.165) is 48.6 Å². The summed E-state index contributed by atoms with van der Waals surface area (Å²) in [7, 11) is 0. The van der Waals surface area contributed by atoms with Gasteiger partial charge in [-0.25, -0.2) is 4.79 Å². The summed E-state index contributed by atoms with van der Waals surface area (Å²) in [6.45, 7) is 6.39. The molecule has 206 valence electrons. The first-order valence-corrected chi connectivity index (χ1v) is 14.1. The number of nitrogens with one attached hydrogen (secondary N) is 2. The molecule has 3 N–H and O–H groups in total. The summed E-state index contributed by atoms with van der Waals surface area (Å²) >= 11 is 0. The summed E-state index contributed by atoms with van der Waals surface area (Å²) in [5, 5.41) is 15.2. The van der Waals surface area contributed by atoms with Crippen LogP contribution < -0.4 is 10.9 Å². The predicted octanol–water partition coefficient (Wildman–Crippen LogP) is 5.27. The van der Waals surface area contributed by atoms with Gasteiger partial charge in [0.05, 0.1) is 6.04 Å². The molecule has 7 nitrogen and oxygen atoms in total. The molecule has 1 saturated carbocycles. The number of pyridine rings is 1. The van der Waals surface area contributed by atoms with Gasteiger partial charge in [0.15, 0.2) is 0 Å². The Morgan fingerprint density at radius 3 is 2.33 bits per heavy atom. The van der Waals surface area contributed by atoms with Gasteiger partial charge in [0, 0.05) is 35.5 Å². The van der Waals surface area contributed by atoms with E-state index in [1.807, 2.05) is 81.4 Å². The summed E-state index contributed by atoms with van der Waals surface area (Å²) in [5.74, 6) is -1.58. The number of aliphatic carboxylic acids is 1. The molecule has 0 bridgehead atoms. The van der Waals surface area contributed by atoms with Crippen LogP contribution in [0.1, 0.15) is 70.0 Å². The van der Waals surface area contributed by atoms with Crippen LogP contribution in [0.5, 0.6) is 0 Å². The molecule has 5 rings (SSSR count). The second-order valence-electron chi connectivity index (χ2n) is 12.2. The Morgan fingerprint density at radius 1 is 1.00 bits per heavy atom. The van der Waals surface area contributed by atoms with Gasteiger partial charge in [0.2, 0.25) is 5.91 Å². The molecule has 2 heterocycles. The highest BCUT2D eigenvalue weighted by atomic mass is 16.4. The number of fused-ring (bicyclic) bond motifs is 1. The average Bonchev–Trinajstić information content (AvgIpc) is 3.28. The Kier molecular flexibility index (Phi) is 7.63. The highest BCUT2D eigenvalue weighted by Crippen LogP contribution is 2.49. The number of amides is 1. The number of rotatable bonds is 6. The molecule has 39 heavy (non-hydrogen) atoms. The van der Waals surface area contributed by atoms with Crippen LogP contribution in [-0.4, -0.2) is 39.0 Å².